The molecule has 30 heavy (non-hydrogen) atoms. The lowest BCUT2D eigenvalue weighted by atomic mass is 9.63. The van der Waals surface area contributed by atoms with E-state index in [4.69, 9.17) is 17.3 Å². The molecule has 3 N–H and O–H groups in total. The van der Waals surface area contributed by atoms with Crippen molar-refractivity contribution in [3.63, 3.8) is 0 Å². The molecule has 1 saturated carbocycles. The van der Waals surface area contributed by atoms with Crippen molar-refractivity contribution >= 4 is 35.2 Å². The number of likely N-dealkylation sites (tertiary alicyclic amines) is 1. The summed E-state index contributed by atoms with van der Waals surface area (Å²) >= 11 is 5.98. The Hall–Kier alpha value is -2.68. The number of hydrogen-bond acceptors (Lipinski definition) is 4. The first kappa shape index (κ1) is 22.0. The van der Waals surface area contributed by atoms with E-state index < -0.39 is 42.4 Å². The highest BCUT2D eigenvalue weighted by Gasteiger charge is 2.50. The van der Waals surface area contributed by atoms with E-state index in [0.29, 0.717) is 42.3 Å². The Balaban J connectivity index is 1.77. The Morgan fingerprint density at radius 2 is 1.87 bits per heavy atom. The quantitative estimate of drug-likeness (QED) is 0.647. The highest BCUT2D eigenvalue weighted by Crippen LogP contribution is 2.46. The van der Waals surface area contributed by atoms with Gasteiger partial charge < -0.3 is 10.6 Å². The van der Waals surface area contributed by atoms with Crippen LogP contribution in [0.1, 0.15) is 37.7 Å². The van der Waals surface area contributed by atoms with Crippen LogP contribution in [0.3, 0.4) is 0 Å². The van der Waals surface area contributed by atoms with Gasteiger partial charge in [0.1, 0.15) is 12.6 Å². The van der Waals surface area contributed by atoms with E-state index in [-0.39, 0.29) is 5.91 Å². The Bertz CT molecular complexity index is 844. The lowest BCUT2D eigenvalue weighted by molar-refractivity contribution is -0.150. The van der Waals surface area contributed by atoms with E-state index in [1.165, 1.54) is 4.90 Å². The third-order valence-corrected chi connectivity index (χ3v) is 6.06. The number of nitrogens with one attached hydrogen (secondary N) is 1. The lowest BCUT2D eigenvalue weighted by Gasteiger charge is -2.44. The summed E-state index contributed by atoms with van der Waals surface area (Å²) in [6.45, 7) is -1.64. The summed E-state index contributed by atoms with van der Waals surface area (Å²) in [6, 6.07) is 6.33. The smallest absolute Gasteiger partial charge is 0.272 e. The van der Waals surface area contributed by atoms with E-state index in [2.05, 4.69) is 5.43 Å². The topological polar surface area (TPSA) is 113 Å². The number of hydrogen-bond donors (Lipinski definition) is 2. The summed E-state index contributed by atoms with van der Waals surface area (Å²) in [4.78, 5) is 50.6. The summed E-state index contributed by atoms with van der Waals surface area (Å²) in [5.74, 6) is -2.77. The number of nitrogens with zero attached hydrogens (tertiary/aromatic N) is 2. The molecular formula is C20H24ClFN4O4. The molecule has 1 atom stereocenters. The summed E-state index contributed by atoms with van der Waals surface area (Å²) < 4.78 is 12.8. The number of nitrogens with two attached hydrogens (primary N) is 1. The van der Waals surface area contributed by atoms with Gasteiger partial charge in [-0.25, -0.2) is 9.40 Å². The van der Waals surface area contributed by atoms with Gasteiger partial charge in [-0.1, -0.05) is 30.2 Å². The average Bonchev–Trinajstić information content (AvgIpc) is 3.17. The van der Waals surface area contributed by atoms with Crippen molar-refractivity contribution in [1.82, 2.24) is 15.3 Å². The van der Waals surface area contributed by atoms with Crippen LogP contribution in [0, 0.1) is 0 Å². The van der Waals surface area contributed by atoms with Crippen molar-refractivity contribution in [2.75, 3.05) is 19.8 Å². The number of primary amides is 1. The Morgan fingerprint density at radius 3 is 2.40 bits per heavy atom. The molecule has 1 saturated heterocycles. The van der Waals surface area contributed by atoms with Crippen LogP contribution >= 0.6 is 11.6 Å². The first-order chi connectivity index (χ1) is 14.3. The predicted molar refractivity (Wildman–Crippen MR) is 107 cm³/mol. The minimum Gasteiger partial charge on any atom is -0.368 e. The van der Waals surface area contributed by atoms with Gasteiger partial charge in [-0.05, 0) is 43.4 Å². The van der Waals surface area contributed by atoms with Gasteiger partial charge in [0.15, 0.2) is 6.67 Å². The molecule has 1 heterocycles. The summed E-state index contributed by atoms with van der Waals surface area (Å²) in [5, 5.41) is 1.13. The number of hydrazine groups is 1. The number of rotatable bonds is 6. The van der Waals surface area contributed by atoms with Crippen molar-refractivity contribution in [2.24, 2.45) is 5.73 Å². The van der Waals surface area contributed by atoms with E-state index in [1.807, 2.05) is 12.1 Å². The molecule has 1 aliphatic carbocycles. The summed E-state index contributed by atoms with van der Waals surface area (Å²) in [7, 11) is 0. The van der Waals surface area contributed by atoms with E-state index >= 15 is 0 Å². The minimum atomic E-state index is -1.39. The van der Waals surface area contributed by atoms with Crippen LogP contribution in [0.15, 0.2) is 24.3 Å². The maximum Gasteiger partial charge on any atom is 0.272 e. The Kier molecular flexibility index (Phi) is 6.60. The molecule has 3 rings (SSSR count). The SMILES string of the molecule is NC(=O)CN(NC(=O)[C@@H]1CCCN1C(=O)C1(c2ccc(Cl)cc2)CCC1)C(=O)CF. The van der Waals surface area contributed by atoms with Crippen LogP contribution in [-0.2, 0) is 24.6 Å². The van der Waals surface area contributed by atoms with Gasteiger partial charge in [0.2, 0.25) is 11.8 Å². The van der Waals surface area contributed by atoms with Crippen molar-refractivity contribution < 1.29 is 23.6 Å². The monoisotopic (exact) mass is 438 g/mol. The predicted octanol–water partition coefficient (Wildman–Crippen LogP) is 1.07. The van der Waals surface area contributed by atoms with Crippen LogP contribution in [0.5, 0.6) is 0 Å². The summed E-state index contributed by atoms with van der Waals surface area (Å²) in [5.41, 5.74) is 7.48. The maximum atomic E-state index is 13.5. The number of carbonyl (C=O) groups is 4. The average molecular weight is 439 g/mol. The zero-order valence-corrected chi connectivity index (χ0v) is 17.2. The highest BCUT2D eigenvalue weighted by molar-refractivity contribution is 6.30. The standard InChI is InChI=1S/C20H24ClFN4O4/c21-14-6-4-13(5-7-14)20(8-2-9-20)19(30)25-10-1-3-15(25)18(29)24-26(12-16(23)27)17(28)11-22/h4-7,15H,1-3,8-12H2,(H2,23,27)(H,24,29)/t15-/m0/s1. The maximum absolute atomic E-state index is 13.5. The van der Waals surface area contributed by atoms with Gasteiger partial charge in [-0.3, -0.25) is 24.6 Å². The van der Waals surface area contributed by atoms with Gasteiger partial charge in [0.25, 0.3) is 11.8 Å². The molecule has 0 spiro atoms. The first-order valence-electron chi connectivity index (χ1n) is 9.81. The molecule has 162 valence electrons. The van der Waals surface area contributed by atoms with E-state index in [9.17, 15) is 23.6 Å². The zero-order valence-electron chi connectivity index (χ0n) is 16.4. The highest BCUT2D eigenvalue weighted by atomic mass is 35.5. The molecule has 1 aliphatic heterocycles. The third kappa shape index (κ3) is 4.26. The summed E-state index contributed by atoms with van der Waals surface area (Å²) in [6.07, 6.45) is 3.27. The largest absolute Gasteiger partial charge is 0.368 e. The molecule has 4 amide bonds. The lowest BCUT2D eigenvalue weighted by Crippen LogP contribution is -2.58. The van der Waals surface area contributed by atoms with Crippen molar-refractivity contribution in [1.29, 1.82) is 0 Å². The number of alkyl halides is 1. The molecule has 0 unspecified atom stereocenters. The molecule has 0 radical (unpaired) electrons. The van der Waals surface area contributed by atoms with Crippen molar-refractivity contribution in [3.05, 3.63) is 34.9 Å². The molecule has 0 bridgehead atoms. The third-order valence-electron chi connectivity index (χ3n) is 5.80. The molecular weight excluding hydrogens is 415 g/mol. The molecule has 10 heteroatoms. The second-order valence-corrected chi connectivity index (χ2v) is 8.09. The van der Waals surface area contributed by atoms with Gasteiger partial charge in [-0.15, -0.1) is 0 Å². The number of benzene rings is 1. The zero-order chi connectivity index (χ0) is 21.9. The molecule has 0 aromatic heterocycles. The van der Waals surface area contributed by atoms with Crippen LogP contribution < -0.4 is 11.2 Å². The fraction of sp³-hybridized carbons (Fsp3) is 0.500. The van der Waals surface area contributed by atoms with Gasteiger partial charge in [0, 0.05) is 11.6 Å². The van der Waals surface area contributed by atoms with Crippen LogP contribution in [0.2, 0.25) is 5.02 Å². The minimum absolute atomic E-state index is 0.146. The number of amides is 4. The molecule has 8 nitrogen and oxygen atoms in total. The van der Waals surface area contributed by atoms with Crippen LogP contribution in [-0.4, -0.2) is 59.3 Å². The number of halogens is 2. The van der Waals surface area contributed by atoms with Crippen molar-refractivity contribution in [3.8, 4) is 0 Å². The fourth-order valence-corrected chi connectivity index (χ4v) is 4.23. The van der Waals surface area contributed by atoms with Gasteiger partial charge in [-0.2, -0.15) is 0 Å². The Morgan fingerprint density at radius 1 is 1.20 bits per heavy atom. The van der Waals surface area contributed by atoms with Gasteiger partial charge in [0.05, 0.1) is 5.41 Å². The van der Waals surface area contributed by atoms with Crippen molar-refractivity contribution in [2.45, 2.75) is 43.6 Å². The molecule has 1 aromatic carbocycles. The van der Waals surface area contributed by atoms with E-state index in [0.717, 1.165) is 12.0 Å². The second kappa shape index (κ2) is 8.99. The number of carbonyl (C=O) groups excluding carboxylic acids is 4. The molecule has 2 fully saturated rings. The second-order valence-electron chi connectivity index (χ2n) is 7.66. The normalized spacial score (nSPS) is 19.7. The van der Waals surface area contributed by atoms with Crippen LogP contribution in [0.25, 0.3) is 0 Å². The molecule has 1 aromatic rings. The first-order valence-corrected chi connectivity index (χ1v) is 10.2. The fourth-order valence-electron chi connectivity index (χ4n) is 4.11. The van der Waals surface area contributed by atoms with E-state index in [1.54, 1.807) is 12.1 Å². The van der Waals surface area contributed by atoms with Gasteiger partial charge >= 0.3 is 0 Å². The Labute approximate surface area is 178 Å². The molecule has 2 aliphatic rings. The van der Waals surface area contributed by atoms with Crippen LogP contribution in [0.4, 0.5) is 4.39 Å².